The maximum absolute atomic E-state index is 14.7. The third kappa shape index (κ3) is 3.86. The summed E-state index contributed by atoms with van der Waals surface area (Å²) >= 11 is 0. The van der Waals surface area contributed by atoms with E-state index >= 15 is 0 Å². The van der Waals surface area contributed by atoms with Gasteiger partial charge in [-0.2, -0.15) is 0 Å². The molecule has 0 saturated carbocycles. The molecule has 2 aromatic carbocycles. The van der Waals surface area contributed by atoms with Crippen molar-refractivity contribution in [3.63, 3.8) is 0 Å². The Labute approximate surface area is 157 Å². The second kappa shape index (κ2) is 7.74. The highest BCUT2D eigenvalue weighted by atomic mass is 19.1. The molecule has 2 N–H and O–H groups in total. The lowest BCUT2D eigenvalue weighted by Gasteiger charge is -2.43. The van der Waals surface area contributed by atoms with E-state index in [4.69, 9.17) is 9.94 Å². The van der Waals surface area contributed by atoms with E-state index < -0.39 is 11.7 Å². The number of benzene rings is 2. The highest BCUT2D eigenvalue weighted by Gasteiger charge is 2.31. The molecular formula is C20H22FN3O3. The van der Waals surface area contributed by atoms with Gasteiger partial charge in [0, 0.05) is 43.2 Å². The van der Waals surface area contributed by atoms with Crippen molar-refractivity contribution in [1.29, 1.82) is 0 Å². The third-order valence-electron chi connectivity index (χ3n) is 5.13. The standard InChI is InChI=1S/C20H22FN3O3/c21-19-7-16(20(25)22-26)6-17-10-23(9-15-12-27-13-15)24(11-18(17)19)8-14-4-2-1-3-5-14/h1-7,15,26H,8-13H2,(H,22,25). The number of ether oxygens (including phenoxy) is 1. The van der Waals surface area contributed by atoms with E-state index in [-0.39, 0.29) is 5.56 Å². The number of hydrogen-bond acceptors (Lipinski definition) is 5. The molecular weight excluding hydrogens is 349 g/mol. The molecule has 2 aliphatic heterocycles. The van der Waals surface area contributed by atoms with Gasteiger partial charge in [-0.15, -0.1) is 0 Å². The van der Waals surface area contributed by atoms with E-state index in [1.54, 1.807) is 11.5 Å². The summed E-state index contributed by atoms with van der Waals surface area (Å²) in [4.78, 5) is 11.7. The van der Waals surface area contributed by atoms with E-state index in [1.165, 1.54) is 6.07 Å². The molecule has 0 aromatic heterocycles. The van der Waals surface area contributed by atoms with Crippen LogP contribution in [0, 0.1) is 11.7 Å². The molecule has 27 heavy (non-hydrogen) atoms. The highest BCUT2D eigenvalue weighted by Crippen LogP contribution is 2.29. The average Bonchev–Trinajstić information content (AvgIpc) is 2.65. The Morgan fingerprint density at radius 3 is 2.63 bits per heavy atom. The topological polar surface area (TPSA) is 65.0 Å². The normalized spacial score (nSPS) is 18.0. The monoisotopic (exact) mass is 371 g/mol. The number of amides is 1. The fourth-order valence-corrected chi connectivity index (χ4v) is 3.60. The summed E-state index contributed by atoms with van der Waals surface area (Å²) in [6.45, 7) is 3.94. The summed E-state index contributed by atoms with van der Waals surface area (Å²) in [5, 5.41) is 13.2. The maximum atomic E-state index is 14.7. The van der Waals surface area contributed by atoms with Crippen LogP contribution in [0.2, 0.25) is 0 Å². The van der Waals surface area contributed by atoms with Gasteiger partial charge in [0.25, 0.3) is 5.91 Å². The van der Waals surface area contributed by atoms with Crippen LogP contribution in [0.15, 0.2) is 42.5 Å². The Bertz CT molecular complexity index is 827. The molecule has 0 unspecified atom stereocenters. The van der Waals surface area contributed by atoms with Gasteiger partial charge in [0.15, 0.2) is 0 Å². The largest absolute Gasteiger partial charge is 0.381 e. The van der Waals surface area contributed by atoms with Gasteiger partial charge < -0.3 is 4.74 Å². The smallest absolute Gasteiger partial charge is 0.274 e. The molecule has 0 aliphatic carbocycles. The van der Waals surface area contributed by atoms with Crippen molar-refractivity contribution < 1.29 is 19.1 Å². The van der Waals surface area contributed by atoms with Gasteiger partial charge in [-0.05, 0) is 23.3 Å². The zero-order chi connectivity index (χ0) is 18.8. The summed E-state index contributed by atoms with van der Waals surface area (Å²) in [7, 11) is 0. The second-order valence-electron chi connectivity index (χ2n) is 7.10. The quantitative estimate of drug-likeness (QED) is 0.624. The van der Waals surface area contributed by atoms with Crippen molar-refractivity contribution in [3.05, 3.63) is 70.5 Å². The summed E-state index contributed by atoms with van der Waals surface area (Å²) < 4.78 is 20.0. The molecule has 4 rings (SSSR count). The predicted octanol–water partition coefficient (Wildman–Crippen LogP) is 2.32. The lowest BCUT2D eigenvalue weighted by atomic mass is 9.99. The first-order chi connectivity index (χ1) is 13.1. The summed E-state index contributed by atoms with van der Waals surface area (Å²) in [6.07, 6.45) is 0. The molecule has 7 heteroatoms. The zero-order valence-corrected chi connectivity index (χ0v) is 14.9. The zero-order valence-electron chi connectivity index (χ0n) is 14.9. The van der Waals surface area contributed by atoms with Crippen molar-refractivity contribution in [3.8, 4) is 0 Å². The summed E-state index contributed by atoms with van der Waals surface area (Å²) in [5.41, 5.74) is 4.23. The van der Waals surface area contributed by atoms with Gasteiger partial charge in [-0.3, -0.25) is 10.0 Å². The van der Waals surface area contributed by atoms with Crippen molar-refractivity contribution in [2.24, 2.45) is 5.92 Å². The number of carbonyl (C=O) groups is 1. The van der Waals surface area contributed by atoms with Crippen LogP contribution in [0.1, 0.15) is 27.0 Å². The Morgan fingerprint density at radius 2 is 1.96 bits per heavy atom. The van der Waals surface area contributed by atoms with Crippen LogP contribution in [0.3, 0.4) is 0 Å². The minimum Gasteiger partial charge on any atom is -0.381 e. The fourth-order valence-electron chi connectivity index (χ4n) is 3.60. The second-order valence-corrected chi connectivity index (χ2v) is 7.10. The summed E-state index contributed by atoms with van der Waals surface area (Å²) in [5.74, 6) is -0.670. The van der Waals surface area contributed by atoms with E-state index in [0.717, 1.165) is 30.9 Å². The van der Waals surface area contributed by atoms with Crippen LogP contribution in [0.5, 0.6) is 0 Å². The van der Waals surface area contributed by atoms with E-state index in [9.17, 15) is 9.18 Å². The molecule has 2 heterocycles. The van der Waals surface area contributed by atoms with Crippen molar-refractivity contribution in [2.75, 3.05) is 19.8 Å². The highest BCUT2D eigenvalue weighted by molar-refractivity contribution is 5.93. The van der Waals surface area contributed by atoms with Crippen LogP contribution < -0.4 is 5.48 Å². The Morgan fingerprint density at radius 1 is 1.19 bits per heavy atom. The first-order valence-corrected chi connectivity index (χ1v) is 9.01. The number of halogens is 1. The molecule has 2 aliphatic rings. The number of nitrogens with zero attached hydrogens (tertiary/aromatic N) is 2. The molecule has 1 saturated heterocycles. The van der Waals surface area contributed by atoms with Gasteiger partial charge in [-0.25, -0.2) is 19.9 Å². The lowest BCUT2D eigenvalue weighted by Crippen LogP contribution is -2.50. The number of hydroxylamine groups is 1. The minimum absolute atomic E-state index is 0.122. The van der Waals surface area contributed by atoms with E-state index in [1.807, 2.05) is 18.2 Å². The number of rotatable bonds is 5. The van der Waals surface area contributed by atoms with Gasteiger partial charge in [0.05, 0.1) is 13.2 Å². The molecule has 1 amide bonds. The fraction of sp³-hybridized carbons (Fsp3) is 0.350. The third-order valence-corrected chi connectivity index (χ3v) is 5.13. The Kier molecular flexibility index (Phi) is 5.18. The molecule has 0 spiro atoms. The van der Waals surface area contributed by atoms with Crippen molar-refractivity contribution in [2.45, 2.75) is 19.6 Å². The molecule has 0 bridgehead atoms. The average molecular weight is 371 g/mol. The van der Waals surface area contributed by atoms with Gasteiger partial charge >= 0.3 is 0 Å². The number of hydrazine groups is 1. The van der Waals surface area contributed by atoms with Crippen LogP contribution in [0.4, 0.5) is 4.39 Å². The van der Waals surface area contributed by atoms with Crippen molar-refractivity contribution >= 4 is 5.91 Å². The van der Waals surface area contributed by atoms with E-state index in [2.05, 4.69) is 22.2 Å². The SMILES string of the molecule is O=C(NO)c1cc(F)c2c(c1)CN(CC1COC1)N(Cc1ccccc1)C2. The minimum atomic E-state index is -0.706. The predicted molar refractivity (Wildman–Crippen MR) is 96.1 cm³/mol. The van der Waals surface area contributed by atoms with Gasteiger partial charge in [0.1, 0.15) is 5.82 Å². The Balaban J connectivity index is 1.62. The molecule has 1 fully saturated rings. The van der Waals surface area contributed by atoms with Crippen LogP contribution in [0.25, 0.3) is 0 Å². The molecule has 0 atom stereocenters. The van der Waals surface area contributed by atoms with Crippen LogP contribution in [-0.2, 0) is 24.4 Å². The number of hydrogen-bond donors (Lipinski definition) is 2. The van der Waals surface area contributed by atoms with E-state index in [0.29, 0.717) is 31.1 Å². The Hall–Kier alpha value is -2.32. The molecule has 142 valence electrons. The molecule has 2 aromatic rings. The van der Waals surface area contributed by atoms with Gasteiger partial charge in [-0.1, -0.05) is 30.3 Å². The van der Waals surface area contributed by atoms with Crippen LogP contribution in [-0.4, -0.2) is 40.9 Å². The number of carbonyl (C=O) groups excluding carboxylic acids is 1. The first-order valence-electron chi connectivity index (χ1n) is 9.01. The first kappa shape index (κ1) is 18.1. The van der Waals surface area contributed by atoms with Gasteiger partial charge in [0.2, 0.25) is 0 Å². The number of fused-ring (bicyclic) bond motifs is 1. The molecule has 0 radical (unpaired) electrons. The summed E-state index contributed by atoms with van der Waals surface area (Å²) in [6, 6.07) is 12.9. The number of nitrogens with one attached hydrogen (secondary N) is 1. The van der Waals surface area contributed by atoms with Crippen LogP contribution >= 0.6 is 0 Å². The molecule has 6 nitrogen and oxygen atoms in total. The maximum Gasteiger partial charge on any atom is 0.274 e. The lowest BCUT2D eigenvalue weighted by molar-refractivity contribution is -0.117. The van der Waals surface area contributed by atoms with Crippen molar-refractivity contribution in [1.82, 2.24) is 15.5 Å².